The summed E-state index contributed by atoms with van der Waals surface area (Å²) in [6, 6.07) is 9.46. The predicted octanol–water partition coefficient (Wildman–Crippen LogP) is 1.74. The van der Waals surface area contributed by atoms with Crippen LogP contribution in [-0.4, -0.2) is 32.8 Å². The van der Waals surface area contributed by atoms with E-state index in [2.05, 4.69) is 15.2 Å². The van der Waals surface area contributed by atoms with E-state index < -0.39 is 5.97 Å². The van der Waals surface area contributed by atoms with Gasteiger partial charge >= 0.3 is 5.97 Å². The molecule has 0 bridgehead atoms. The summed E-state index contributed by atoms with van der Waals surface area (Å²) in [5.41, 5.74) is 8.08. The first-order valence-corrected chi connectivity index (χ1v) is 7.50. The first-order valence-electron chi connectivity index (χ1n) is 7.50. The minimum absolute atomic E-state index is 0.106. The Morgan fingerprint density at radius 1 is 1.40 bits per heavy atom. The van der Waals surface area contributed by atoms with Gasteiger partial charge in [-0.25, -0.2) is 9.78 Å². The number of hydrogen-bond donors (Lipinski definition) is 2. The number of anilines is 1. The third-order valence-corrected chi connectivity index (χ3v) is 3.76. The maximum Gasteiger partial charge on any atom is 0.357 e. The normalized spacial score (nSPS) is 10.4. The van der Waals surface area contributed by atoms with E-state index in [-0.39, 0.29) is 16.9 Å². The minimum Gasteiger partial charge on any atom is -0.464 e. The van der Waals surface area contributed by atoms with Gasteiger partial charge in [-0.3, -0.25) is 5.10 Å². The van der Waals surface area contributed by atoms with Gasteiger partial charge in [0.05, 0.1) is 18.4 Å². The van der Waals surface area contributed by atoms with Crippen LogP contribution in [0.25, 0.3) is 5.69 Å². The Hall–Kier alpha value is -3.60. The fourth-order valence-electron chi connectivity index (χ4n) is 2.54. The molecule has 2 aromatic heterocycles. The molecule has 0 unspecified atom stereocenters. The van der Waals surface area contributed by atoms with Crippen molar-refractivity contribution in [2.24, 2.45) is 0 Å². The number of rotatable bonds is 4. The Bertz CT molecular complexity index is 962. The quantitative estimate of drug-likeness (QED) is 0.700. The zero-order valence-electron chi connectivity index (χ0n) is 13.8. The van der Waals surface area contributed by atoms with Crippen molar-refractivity contribution in [3.63, 3.8) is 0 Å². The molecule has 8 nitrogen and oxygen atoms in total. The molecule has 1 aromatic carbocycles. The number of esters is 1. The molecule has 0 radical (unpaired) electrons. The molecule has 3 N–H and O–H groups in total. The van der Waals surface area contributed by atoms with E-state index in [1.165, 1.54) is 13.3 Å². The number of aryl methyl sites for hydroxylation is 1. The smallest absolute Gasteiger partial charge is 0.357 e. The molecule has 0 aliphatic heterocycles. The van der Waals surface area contributed by atoms with Crippen molar-refractivity contribution in [3.05, 3.63) is 58.9 Å². The minimum atomic E-state index is -0.598. The van der Waals surface area contributed by atoms with E-state index in [1.807, 2.05) is 37.3 Å². The van der Waals surface area contributed by atoms with Gasteiger partial charge in [-0.15, -0.1) is 0 Å². The highest BCUT2D eigenvalue weighted by atomic mass is 16.5. The monoisotopic (exact) mass is 336 g/mol. The third kappa shape index (κ3) is 3.07. The topological polar surface area (TPSA) is 123 Å². The summed E-state index contributed by atoms with van der Waals surface area (Å²) in [4.78, 5) is 16.3. The number of nitrogens with zero attached hydrogens (tertiary/aromatic N) is 4. The zero-order valence-corrected chi connectivity index (χ0v) is 13.8. The van der Waals surface area contributed by atoms with Gasteiger partial charge in [0.25, 0.3) is 0 Å². The molecule has 0 amide bonds. The van der Waals surface area contributed by atoms with Crippen LogP contribution in [-0.2, 0) is 11.2 Å². The summed E-state index contributed by atoms with van der Waals surface area (Å²) in [6.07, 6.45) is 2.11. The fraction of sp³-hybridized carbons (Fsp3) is 0.176. The van der Waals surface area contributed by atoms with Crippen LogP contribution < -0.4 is 5.73 Å². The zero-order chi connectivity index (χ0) is 18.0. The Kier molecular flexibility index (Phi) is 4.22. The van der Waals surface area contributed by atoms with Gasteiger partial charge < -0.3 is 15.0 Å². The number of aromatic nitrogens is 4. The van der Waals surface area contributed by atoms with Crippen LogP contribution in [0.2, 0.25) is 0 Å². The number of hydrogen-bond acceptors (Lipinski definition) is 6. The molecule has 0 fully saturated rings. The standard InChI is InChI=1S/C17H16N6O2/c1-10-20-14(22-21-10)7-11-3-5-13(6-4-11)23-9-12(8-18)15(19)16(23)17(24)25-2/h3-6,9H,7,19H2,1-2H3,(H,20,21,22). The number of methoxy groups -OCH3 is 1. The molecule has 0 saturated heterocycles. The number of nitrogens with two attached hydrogens (primary N) is 1. The Morgan fingerprint density at radius 2 is 2.12 bits per heavy atom. The lowest BCUT2D eigenvalue weighted by Gasteiger charge is -2.09. The number of ether oxygens (including phenoxy) is 1. The van der Waals surface area contributed by atoms with Crippen molar-refractivity contribution in [3.8, 4) is 11.8 Å². The molecule has 3 rings (SSSR count). The first-order chi connectivity index (χ1) is 12.0. The number of H-pyrrole nitrogens is 1. The molecule has 126 valence electrons. The van der Waals surface area contributed by atoms with Crippen molar-refractivity contribution < 1.29 is 9.53 Å². The van der Waals surface area contributed by atoms with Crippen LogP contribution in [0, 0.1) is 18.3 Å². The highest BCUT2D eigenvalue weighted by Crippen LogP contribution is 2.25. The Morgan fingerprint density at radius 3 is 2.68 bits per heavy atom. The number of nitrogens with one attached hydrogen (secondary N) is 1. The summed E-state index contributed by atoms with van der Waals surface area (Å²) in [7, 11) is 1.27. The Labute approximate surface area is 143 Å². The average Bonchev–Trinajstić information content (AvgIpc) is 3.17. The van der Waals surface area contributed by atoms with Crippen molar-refractivity contribution in [1.82, 2.24) is 19.7 Å². The van der Waals surface area contributed by atoms with Gasteiger partial charge in [-0.2, -0.15) is 10.4 Å². The lowest BCUT2D eigenvalue weighted by molar-refractivity contribution is 0.0593. The number of benzene rings is 1. The predicted molar refractivity (Wildman–Crippen MR) is 90.2 cm³/mol. The van der Waals surface area contributed by atoms with Crippen molar-refractivity contribution >= 4 is 11.7 Å². The number of carbonyl (C=O) groups is 1. The summed E-state index contributed by atoms with van der Waals surface area (Å²) in [6.45, 7) is 1.84. The van der Waals surface area contributed by atoms with Gasteiger partial charge in [0.1, 0.15) is 11.9 Å². The van der Waals surface area contributed by atoms with E-state index in [1.54, 1.807) is 4.57 Å². The molecule has 0 aliphatic rings. The van der Waals surface area contributed by atoms with E-state index >= 15 is 0 Å². The molecular weight excluding hydrogens is 320 g/mol. The molecule has 25 heavy (non-hydrogen) atoms. The number of nitriles is 1. The maximum atomic E-state index is 12.0. The first kappa shape index (κ1) is 16.3. The SMILES string of the molecule is COC(=O)c1c(N)c(C#N)cn1-c1ccc(Cc2n[nH]c(C)n2)cc1. The highest BCUT2D eigenvalue weighted by Gasteiger charge is 2.21. The molecule has 0 atom stereocenters. The van der Waals surface area contributed by atoms with Gasteiger partial charge in [0.2, 0.25) is 0 Å². The van der Waals surface area contributed by atoms with Crippen molar-refractivity contribution in [2.45, 2.75) is 13.3 Å². The van der Waals surface area contributed by atoms with Crippen LogP contribution in [0.1, 0.15) is 33.3 Å². The molecular formula is C17H16N6O2. The summed E-state index contributed by atoms with van der Waals surface area (Å²) >= 11 is 0. The molecule has 0 aliphatic carbocycles. The molecule has 0 saturated carbocycles. The summed E-state index contributed by atoms with van der Waals surface area (Å²) < 4.78 is 6.33. The molecule has 8 heteroatoms. The van der Waals surface area contributed by atoms with Gasteiger partial charge in [-0.1, -0.05) is 12.1 Å². The van der Waals surface area contributed by atoms with Crippen LogP contribution >= 0.6 is 0 Å². The van der Waals surface area contributed by atoms with E-state index in [0.717, 1.165) is 11.4 Å². The highest BCUT2D eigenvalue weighted by molar-refractivity contribution is 5.95. The number of aromatic amines is 1. The summed E-state index contributed by atoms with van der Waals surface area (Å²) in [5, 5.41) is 16.1. The molecule has 3 aromatic rings. The van der Waals surface area contributed by atoms with Gasteiger partial charge in [-0.05, 0) is 24.6 Å². The number of nitrogen functional groups attached to an aromatic ring is 1. The van der Waals surface area contributed by atoms with Crippen LogP contribution in [0.15, 0.2) is 30.5 Å². The van der Waals surface area contributed by atoms with Gasteiger partial charge in [0, 0.05) is 18.3 Å². The molecule has 0 spiro atoms. The van der Waals surface area contributed by atoms with E-state index in [4.69, 9.17) is 15.7 Å². The van der Waals surface area contributed by atoms with Gasteiger partial charge in [0.15, 0.2) is 11.5 Å². The van der Waals surface area contributed by atoms with Crippen molar-refractivity contribution in [2.75, 3.05) is 12.8 Å². The third-order valence-electron chi connectivity index (χ3n) is 3.76. The fourth-order valence-corrected chi connectivity index (χ4v) is 2.54. The lowest BCUT2D eigenvalue weighted by atomic mass is 10.1. The lowest BCUT2D eigenvalue weighted by Crippen LogP contribution is -2.11. The maximum absolute atomic E-state index is 12.0. The number of carbonyl (C=O) groups excluding carboxylic acids is 1. The van der Waals surface area contributed by atoms with Crippen LogP contribution in [0.4, 0.5) is 5.69 Å². The average molecular weight is 336 g/mol. The Balaban J connectivity index is 1.95. The van der Waals surface area contributed by atoms with E-state index in [0.29, 0.717) is 17.9 Å². The van der Waals surface area contributed by atoms with Crippen LogP contribution in [0.3, 0.4) is 0 Å². The van der Waals surface area contributed by atoms with Crippen molar-refractivity contribution in [1.29, 1.82) is 5.26 Å². The summed E-state index contributed by atoms with van der Waals surface area (Å²) in [5.74, 6) is 0.873. The van der Waals surface area contributed by atoms with Crippen LogP contribution in [0.5, 0.6) is 0 Å². The second-order valence-corrected chi connectivity index (χ2v) is 5.46. The second-order valence-electron chi connectivity index (χ2n) is 5.46. The van der Waals surface area contributed by atoms with E-state index in [9.17, 15) is 4.79 Å². The largest absolute Gasteiger partial charge is 0.464 e. The molecule has 2 heterocycles. The second kappa shape index (κ2) is 6.49.